The monoisotopic (exact) mass is 353 g/mol. The maximum absolute atomic E-state index is 5.42. The maximum Gasteiger partial charge on any atom is 0.263 e. The van der Waals surface area contributed by atoms with Crippen LogP contribution in [0.3, 0.4) is 0 Å². The molecule has 2 aromatic heterocycles. The van der Waals surface area contributed by atoms with Crippen LogP contribution in [0.15, 0.2) is 35.1 Å². The molecule has 1 fully saturated rings. The third-order valence-electron chi connectivity index (χ3n) is 4.76. The number of rotatable bonds is 7. The van der Waals surface area contributed by atoms with Crippen molar-refractivity contribution >= 4 is 16.9 Å². The van der Waals surface area contributed by atoms with Crippen LogP contribution in [0.5, 0.6) is 5.75 Å². The number of nitrogens with zero attached hydrogens (tertiary/aromatic N) is 4. The van der Waals surface area contributed by atoms with Crippen LogP contribution in [0.1, 0.15) is 19.3 Å². The Morgan fingerprint density at radius 2 is 2.12 bits per heavy atom. The quantitative estimate of drug-likeness (QED) is 0.654. The van der Waals surface area contributed by atoms with E-state index in [0.717, 1.165) is 47.7 Å². The van der Waals surface area contributed by atoms with Gasteiger partial charge in [-0.05, 0) is 51.0 Å². The fraction of sp³-hybridized carbons (Fsp3) is 0.421. The third-order valence-corrected chi connectivity index (χ3v) is 4.76. The van der Waals surface area contributed by atoms with E-state index in [4.69, 9.17) is 9.26 Å². The minimum atomic E-state index is 0.486. The molecule has 3 heterocycles. The Morgan fingerprint density at radius 1 is 1.23 bits per heavy atom. The van der Waals surface area contributed by atoms with E-state index in [1.54, 1.807) is 7.11 Å². The van der Waals surface area contributed by atoms with E-state index in [1.165, 1.54) is 32.3 Å². The molecular formula is C19H23N5O2. The summed E-state index contributed by atoms with van der Waals surface area (Å²) in [5.41, 5.74) is 2.12. The molecule has 0 radical (unpaired) electrons. The molecule has 7 heteroatoms. The van der Waals surface area contributed by atoms with Crippen molar-refractivity contribution in [2.75, 3.05) is 38.6 Å². The third kappa shape index (κ3) is 3.48. The minimum absolute atomic E-state index is 0.486. The normalized spacial score (nSPS) is 14.8. The zero-order valence-corrected chi connectivity index (χ0v) is 14.9. The second-order valence-electron chi connectivity index (χ2n) is 6.49. The number of likely N-dealkylation sites (tertiary alicyclic amines) is 1. The molecule has 4 rings (SSSR count). The molecule has 0 unspecified atom stereocenters. The van der Waals surface area contributed by atoms with Crippen molar-refractivity contribution in [2.24, 2.45) is 0 Å². The summed E-state index contributed by atoms with van der Waals surface area (Å²) in [4.78, 5) is 11.1. The van der Waals surface area contributed by atoms with E-state index in [9.17, 15) is 0 Å². The molecule has 7 nitrogen and oxygen atoms in total. The van der Waals surface area contributed by atoms with Crippen LogP contribution in [-0.2, 0) is 0 Å². The average molecular weight is 353 g/mol. The number of ether oxygens (including phenoxy) is 1. The van der Waals surface area contributed by atoms with Crippen LogP contribution >= 0.6 is 0 Å². The Morgan fingerprint density at radius 3 is 2.96 bits per heavy atom. The first kappa shape index (κ1) is 16.8. The lowest BCUT2D eigenvalue weighted by molar-refractivity contribution is 0.337. The predicted octanol–water partition coefficient (Wildman–Crippen LogP) is 3.19. The number of aromatic nitrogens is 3. The number of benzene rings is 1. The van der Waals surface area contributed by atoms with Gasteiger partial charge in [-0.25, -0.2) is 4.98 Å². The van der Waals surface area contributed by atoms with Gasteiger partial charge in [0.1, 0.15) is 29.0 Å². The van der Waals surface area contributed by atoms with Crippen molar-refractivity contribution in [3.63, 3.8) is 0 Å². The van der Waals surface area contributed by atoms with Gasteiger partial charge in [-0.3, -0.25) is 0 Å². The highest BCUT2D eigenvalue weighted by Crippen LogP contribution is 2.32. The molecule has 0 amide bonds. The number of nitrogens with one attached hydrogen (secondary N) is 1. The van der Waals surface area contributed by atoms with Crippen LogP contribution < -0.4 is 10.1 Å². The van der Waals surface area contributed by atoms with Gasteiger partial charge < -0.3 is 19.5 Å². The van der Waals surface area contributed by atoms with Crippen molar-refractivity contribution in [3.8, 4) is 17.0 Å². The van der Waals surface area contributed by atoms with Gasteiger partial charge in [0.05, 0.1) is 7.11 Å². The SMILES string of the molecule is COc1cccc(-c2noc3ncnc(NCCCN4CCCC4)c23)c1. The summed E-state index contributed by atoms with van der Waals surface area (Å²) in [6.45, 7) is 4.42. The zero-order valence-electron chi connectivity index (χ0n) is 14.9. The predicted molar refractivity (Wildman–Crippen MR) is 100 cm³/mol. The molecule has 0 aliphatic carbocycles. The molecule has 3 aromatic rings. The van der Waals surface area contributed by atoms with E-state index >= 15 is 0 Å². The fourth-order valence-corrected chi connectivity index (χ4v) is 3.40. The van der Waals surface area contributed by atoms with Gasteiger partial charge in [0, 0.05) is 12.1 Å². The Kier molecular flexibility index (Phi) is 4.97. The first-order valence-electron chi connectivity index (χ1n) is 9.06. The summed E-state index contributed by atoms with van der Waals surface area (Å²) in [6.07, 6.45) is 5.23. The Labute approximate surface area is 152 Å². The van der Waals surface area contributed by atoms with Gasteiger partial charge in [0.2, 0.25) is 0 Å². The average Bonchev–Trinajstić information content (AvgIpc) is 3.35. The molecule has 0 saturated carbocycles. The molecule has 1 saturated heterocycles. The summed E-state index contributed by atoms with van der Waals surface area (Å²) in [5.74, 6) is 1.53. The Bertz CT molecular complexity index is 873. The first-order valence-corrected chi connectivity index (χ1v) is 9.06. The topological polar surface area (TPSA) is 76.3 Å². The van der Waals surface area contributed by atoms with Crippen LogP contribution in [0, 0.1) is 0 Å². The molecule has 0 spiro atoms. The molecular weight excluding hydrogens is 330 g/mol. The first-order chi connectivity index (χ1) is 12.8. The largest absolute Gasteiger partial charge is 0.497 e. The molecule has 1 N–H and O–H groups in total. The lowest BCUT2D eigenvalue weighted by Crippen LogP contribution is -2.22. The highest BCUT2D eigenvalue weighted by Gasteiger charge is 2.17. The summed E-state index contributed by atoms with van der Waals surface area (Å²) in [6, 6.07) is 7.74. The van der Waals surface area contributed by atoms with Crippen molar-refractivity contribution < 1.29 is 9.26 Å². The molecule has 1 aliphatic heterocycles. The summed E-state index contributed by atoms with van der Waals surface area (Å²) < 4.78 is 10.7. The number of methoxy groups -OCH3 is 1. The van der Waals surface area contributed by atoms with Crippen molar-refractivity contribution in [1.29, 1.82) is 0 Å². The van der Waals surface area contributed by atoms with Crippen LogP contribution in [0.25, 0.3) is 22.4 Å². The van der Waals surface area contributed by atoms with Gasteiger partial charge in [-0.1, -0.05) is 17.3 Å². The smallest absolute Gasteiger partial charge is 0.263 e. The van der Waals surface area contributed by atoms with Gasteiger partial charge in [0.15, 0.2) is 0 Å². The van der Waals surface area contributed by atoms with Crippen molar-refractivity contribution in [2.45, 2.75) is 19.3 Å². The van der Waals surface area contributed by atoms with Crippen molar-refractivity contribution in [3.05, 3.63) is 30.6 Å². The molecule has 0 bridgehead atoms. The van der Waals surface area contributed by atoms with Crippen LogP contribution in [0.4, 0.5) is 5.82 Å². The second kappa shape index (κ2) is 7.70. The highest BCUT2D eigenvalue weighted by atomic mass is 16.5. The minimum Gasteiger partial charge on any atom is -0.497 e. The number of hydrogen-bond acceptors (Lipinski definition) is 7. The van der Waals surface area contributed by atoms with Crippen LogP contribution in [0.2, 0.25) is 0 Å². The lowest BCUT2D eigenvalue weighted by atomic mass is 10.1. The van der Waals surface area contributed by atoms with Gasteiger partial charge in [-0.15, -0.1) is 0 Å². The number of hydrogen-bond donors (Lipinski definition) is 1. The molecule has 1 aliphatic rings. The number of anilines is 1. The summed E-state index contributed by atoms with van der Waals surface area (Å²) in [7, 11) is 1.65. The van der Waals surface area contributed by atoms with Crippen LogP contribution in [-0.4, -0.2) is 53.3 Å². The van der Waals surface area contributed by atoms with Gasteiger partial charge in [-0.2, -0.15) is 4.98 Å². The summed E-state index contributed by atoms with van der Waals surface area (Å²) in [5, 5.41) is 8.45. The molecule has 136 valence electrons. The summed E-state index contributed by atoms with van der Waals surface area (Å²) >= 11 is 0. The lowest BCUT2D eigenvalue weighted by Gasteiger charge is -2.14. The molecule has 1 aromatic carbocycles. The van der Waals surface area contributed by atoms with E-state index in [0.29, 0.717) is 5.71 Å². The molecule has 0 atom stereocenters. The number of fused-ring (bicyclic) bond motifs is 1. The standard InChI is InChI=1S/C19H23N5O2/c1-25-15-7-4-6-14(12-15)17-16-18(21-13-22-19(16)26-23-17)20-8-5-11-24-9-2-3-10-24/h4,6-7,12-13H,2-3,5,8-11H2,1H3,(H,20,21,22). The van der Waals surface area contributed by atoms with Gasteiger partial charge >= 0.3 is 0 Å². The highest BCUT2D eigenvalue weighted by molar-refractivity contribution is 5.97. The molecule has 26 heavy (non-hydrogen) atoms. The van der Waals surface area contributed by atoms with E-state index in [1.807, 2.05) is 24.3 Å². The van der Waals surface area contributed by atoms with E-state index in [2.05, 4.69) is 25.3 Å². The van der Waals surface area contributed by atoms with E-state index in [-0.39, 0.29) is 0 Å². The van der Waals surface area contributed by atoms with E-state index < -0.39 is 0 Å². The zero-order chi connectivity index (χ0) is 17.8. The Hall–Kier alpha value is -2.67. The second-order valence-corrected chi connectivity index (χ2v) is 6.49. The Balaban J connectivity index is 1.54. The fourth-order valence-electron chi connectivity index (χ4n) is 3.40. The maximum atomic E-state index is 5.42. The van der Waals surface area contributed by atoms with Gasteiger partial charge in [0.25, 0.3) is 5.71 Å². The van der Waals surface area contributed by atoms with Crippen molar-refractivity contribution in [1.82, 2.24) is 20.0 Å².